The van der Waals surface area contributed by atoms with E-state index < -0.39 is 16.1 Å². The molecule has 1 aromatic carbocycles. The summed E-state index contributed by atoms with van der Waals surface area (Å²) in [6.07, 6.45) is 0. The van der Waals surface area contributed by atoms with Crippen LogP contribution in [-0.4, -0.2) is 47.2 Å². The molecule has 1 fully saturated rings. The maximum atomic E-state index is 12.1. The Morgan fingerprint density at radius 2 is 2.14 bits per heavy atom. The Bertz CT molecular complexity index is 630. The second-order valence-corrected chi connectivity index (χ2v) is 6.61. The van der Waals surface area contributed by atoms with Gasteiger partial charge in [0.25, 0.3) is 0 Å². The van der Waals surface area contributed by atoms with Crippen LogP contribution in [0.5, 0.6) is 0 Å². The molecular formula is C13H20ClN3O4S. The molecule has 1 unspecified atom stereocenters. The maximum Gasteiger partial charge on any atom is 0.243 e. The summed E-state index contributed by atoms with van der Waals surface area (Å²) < 4.78 is 31.3. The normalized spacial score (nSPS) is 18.4. The number of ether oxygens (including phenoxy) is 1. The molecule has 0 saturated carbocycles. The molecule has 124 valence electrons. The number of hydrogen-bond donors (Lipinski definition) is 3. The van der Waals surface area contributed by atoms with Gasteiger partial charge in [0.05, 0.1) is 18.1 Å². The van der Waals surface area contributed by atoms with Crippen LogP contribution in [0.3, 0.4) is 0 Å². The second kappa shape index (κ2) is 7.89. The van der Waals surface area contributed by atoms with E-state index in [1.165, 1.54) is 13.1 Å². The molecule has 0 spiro atoms. The molecule has 0 radical (unpaired) electrons. The van der Waals surface area contributed by atoms with Crippen LogP contribution in [0.4, 0.5) is 5.69 Å². The Kier molecular flexibility index (Phi) is 6.76. The molecule has 1 aromatic rings. The van der Waals surface area contributed by atoms with Gasteiger partial charge in [-0.1, -0.05) is 6.07 Å². The third kappa shape index (κ3) is 4.40. The standard InChI is InChI=1S/C13H19N3O4S.ClH/c1-9-3-4-10(7-12(9)21(18,19)14-2)16-13(17)11-8-20-6-5-15-11;/h3-4,7,11,14-15H,5-6,8H2,1-2H3,(H,16,17);1H. The van der Waals surface area contributed by atoms with Crippen molar-refractivity contribution in [1.29, 1.82) is 0 Å². The minimum atomic E-state index is -3.55. The lowest BCUT2D eigenvalue weighted by Gasteiger charge is -2.23. The molecule has 1 amide bonds. The number of morpholine rings is 1. The van der Waals surface area contributed by atoms with Gasteiger partial charge in [0.2, 0.25) is 15.9 Å². The lowest BCUT2D eigenvalue weighted by molar-refractivity contribution is -0.120. The van der Waals surface area contributed by atoms with E-state index in [-0.39, 0.29) is 23.2 Å². The largest absolute Gasteiger partial charge is 0.378 e. The van der Waals surface area contributed by atoms with Gasteiger partial charge in [0.1, 0.15) is 6.04 Å². The van der Waals surface area contributed by atoms with E-state index in [1.54, 1.807) is 19.1 Å². The summed E-state index contributed by atoms with van der Waals surface area (Å²) in [4.78, 5) is 12.2. The molecule has 0 bridgehead atoms. The van der Waals surface area contributed by atoms with Crippen LogP contribution in [0.2, 0.25) is 0 Å². The molecule has 0 aliphatic carbocycles. The number of carbonyl (C=O) groups excluding carboxylic acids is 1. The van der Waals surface area contributed by atoms with Crippen LogP contribution in [0.1, 0.15) is 5.56 Å². The zero-order valence-electron chi connectivity index (χ0n) is 12.4. The first-order valence-electron chi connectivity index (χ1n) is 6.60. The van der Waals surface area contributed by atoms with Crippen molar-refractivity contribution in [3.05, 3.63) is 23.8 Å². The zero-order valence-corrected chi connectivity index (χ0v) is 14.0. The predicted octanol–water partition coefficient (Wildman–Crippen LogP) is 0.252. The number of sulfonamides is 1. The predicted molar refractivity (Wildman–Crippen MR) is 85.9 cm³/mol. The molecule has 1 aliphatic heterocycles. The van der Waals surface area contributed by atoms with Crippen molar-refractivity contribution in [2.24, 2.45) is 0 Å². The first-order valence-corrected chi connectivity index (χ1v) is 8.08. The third-order valence-corrected chi connectivity index (χ3v) is 4.81. The zero-order chi connectivity index (χ0) is 15.5. The van der Waals surface area contributed by atoms with Gasteiger partial charge in [-0.05, 0) is 31.7 Å². The van der Waals surface area contributed by atoms with Crippen molar-refractivity contribution in [1.82, 2.24) is 10.0 Å². The lowest BCUT2D eigenvalue weighted by Crippen LogP contribution is -2.48. The number of benzene rings is 1. The second-order valence-electron chi connectivity index (χ2n) is 4.76. The fourth-order valence-corrected chi connectivity index (χ4v) is 3.03. The van der Waals surface area contributed by atoms with Crippen LogP contribution in [0.15, 0.2) is 23.1 Å². The molecule has 22 heavy (non-hydrogen) atoms. The SMILES string of the molecule is CNS(=O)(=O)c1cc(NC(=O)C2COCCN2)ccc1C.Cl. The Hall–Kier alpha value is -1.19. The van der Waals surface area contributed by atoms with Crippen LogP contribution in [-0.2, 0) is 19.6 Å². The average molecular weight is 350 g/mol. The molecule has 2 rings (SSSR count). The fourth-order valence-electron chi connectivity index (χ4n) is 2.04. The molecule has 9 heteroatoms. The van der Waals surface area contributed by atoms with Crippen molar-refractivity contribution in [3.8, 4) is 0 Å². The molecule has 1 aliphatic rings. The molecular weight excluding hydrogens is 330 g/mol. The summed E-state index contributed by atoms with van der Waals surface area (Å²) in [5.74, 6) is -0.244. The summed E-state index contributed by atoms with van der Waals surface area (Å²) >= 11 is 0. The quantitative estimate of drug-likeness (QED) is 0.724. The van der Waals surface area contributed by atoms with Gasteiger partial charge in [-0.25, -0.2) is 13.1 Å². The molecule has 1 saturated heterocycles. The lowest BCUT2D eigenvalue weighted by atomic mass is 10.2. The number of rotatable bonds is 4. The van der Waals surface area contributed by atoms with Gasteiger partial charge >= 0.3 is 0 Å². The van der Waals surface area contributed by atoms with Crippen LogP contribution < -0.4 is 15.4 Å². The van der Waals surface area contributed by atoms with Crippen molar-refractivity contribution < 1.29 is 17.9 Å². The average Bonchev–Trinajstić information content (AvgIpc) is 2.50. The highest BCUT2D eigenvalue weighted by Gasteiger charge is 2.22. The topological polar surface area (TPSA) is 96.5 Å². The highest BCUT2D eigenvalue weighted by Crippen LogP contribution is 2.20. The number of hydrogen-bond acceptors (Lipinski definition) is 5. The Labute approximate surface area is 136 Å². The van der Waals surface area contributed by atoms with E-state index in [0.717, 1.165) is 0 Å². The van der Waals surface area contributed by atoms with Gasteiger partial charge in [-0.2, -0.15) is 0 Å². The highest BCUT2D eigenvalue weighted by molar-refractivity contribution is 7.89. The number of carbonyl (C=O) groups is 1. The molecule has 0 aromatic heterocycles. The summed E-state index contributed by atoms with van der Waals surface area (Å²) in [7, 11) is -2.20. The Morgan fingerprint density at radius 3 is 2.73 bits per heavy atom. The van der Waals surface area contributed by atoms with Crippen LogP contribution in [0.25, 0.3) is 0 Å². The number of nitrogens with one attached hydrogen (secondary N) is 3. The van der Waals surface area contributed by atoms with E-state index in [4.69, 9.17) is 4.74 Å². The maximum absolute atomic E-state index is 12.1. The first kappa shape index (κ1) is 18.9. The smallest absolute Gasteiger partial charge is 0.243 e. The van der Waals surface area contributed by atoms with Gasteiger partial charge in [0.15, 0.2) is 0 Å². The Balaban J connectivity index is 0.00000242. The summed E-state index contributed by atoms with van der Waals surface area (Å²) in [6.45, 7) is 3.20. The van der Waals surface area contributed by atoms with Crippen molar-refractivity contribution >= 4 is 34.0 Å². The van der Waals surface area contributed by atoms with E-state index in [0.29, 0.717) is 31.0 Å². The summed E-state index contributed by atoms with van der Waals surface area (Å²) in [6, 6.07) is 4.35. The minimum absolute atomic E-state index is 0. The van der Waals surface area contributed by atoms with E-state index in [2.05, 4.69) is 15.4 Å². The number of halogens is 1. The van der Waals surface area contributed by atoms with Crippen molar-refractivity contribution in [2.45, 2.75) is 17.9 Å². The molecule has 3 N–H and O–H groups in total. The summed E-state index contributed by atoms with van der Waals surface area (Å²) in [5.41, 5.74) is 1.05. The third-order valence-electron chi connectivity index (χ3n) is 3.25. The number of amides is 1. The monoisotopic (exact) mass is 349 g/mol. The molecule has 1 heterocycles. The fraction of sp³-hybridized carbons (Fsp3) is 0.462. The number of anilines is 1. The van der Waals surface area contributed by atoms with Gasteiger partial charge in [-0.3, -0.25) is 4.79 Å². The number of aryl methyl sites for hydroxylation is 1. The van der Waals surface area contributed by atoms with E-state index in [1.807, 2.05) is 0 Å². The van der Waals surface area contributed by atoms with Gasteiger partial charge < -0.3 is 15.4 Å². The summed E-state index contributed by atoms with van der Waals surface area (Å²) in [5, 5.41) is 5.74. The molecule has 1 atom stereocenters. The van der Waals surface area contributed by atoms with Gasteiger partial charge in [-0.15, -0.1) is 12.4 Å². The van der Waals surface area contributed by atoms with Crippen molar-refractivity contribution in [3.63, 3.8) is 0 Å². The van der Waals surface area contributed by atoms with Crippen molar-refractivity contribution in [2.75, 3.05) is 32.1 Å². The highest BCUT2D eigenvalue weighted by atomic mass is 35.5. The van der Waals surface area contributed by atoms with E-state index >= 15 is 0 Å². The minimum Gasteiger partial charge on any atom is -0.378 e. The van der Waals surface area contributed by atoms with Gasteiger partial charge in [0, 0.05) is 12.2 Å². The first-order chi connectivity index (χ1) is 9.94. The van der Waals surface area contributed by atoms with E-state index in [9.17, 15) is 13.2 Å². The molecule has 7 nitrogen and oxygen atoms in total. The van der Waals surface area contributed by atoms with Crippen LogP contribution in [0, 0.1) is 6.92 Å². The Morgan fingerprint density at radius 1 is 1.41 bits per heavy atom. The van der Waals surface area contributed by atoms with Crippen LogP contribution >= 0.6 is 12.4 Å².